The number of carbonyl (C=O) groups is 1. The van der Waals surface area contributed by atoms with Gasteiger partial charge < -0.3 is 19.9 Å². The molecule has 1 aliphatic heterocycles. The molecule has 2 aliphatic rings. The molecule has 2 N–H and O–H groups in total. The first-order chi connectivity index (χ1) is 10.7. The van der Waals surface area contributed by atoms with E-state index in [0.717, 1.165) is 19.4 Å². The number of nitrogens with one attached hydrogen (secondary N) is 2. The summed E-state index contributed by atoms with van der Waals surface area (Å²) in [5.41, 5.74) is 0. The van der Waals surface area contributed by atoms with Crippen molar-refractivity contribution in [2.24, 2.45) is 0 Å². The highest BCUT2D eigenvalue weighted by Gasteiger charge is 2.28. The van der Waals surface area contributed by atoms with E-state index < -0.39 is 0 Å². The predicted octanol–water partition coefficient (Wildman–Crippen LogP) is 1.53. The normalized spacial score (nSPS) is 25.6. The summed E-state index contributed by atoms with van der Waals surface area (Å²) in [5.74, 6) is 0.899. The number of ether oxygens (including phenoxy) is 1. The number of halogens is 1. The van der Waals surface area contributed by atoms with Crippen molar-refractivity contribution in [2.75, 3.05) is 13.2 Å². The Morgan fingerprint density at radius 2 is 2.13 bits per heavy atom. The van der Waals surface area contributed by atoms with Crippen LogP contribution in [0.2, 0.25) is 0 Å². The summed E-state index contributed by atoms with van der Waals surface area (Å²) in [6, 6.07) is 0.206. The third-order valence-electron chi connectivity index (χ3n) is 4.36. The molecule has 1 saturated carbocycles. The molecule has 0 aromatic carbocycles. The topological polar surface area (TPSA) is 89.3 Å². The lowest BCUT2D eigenvalue weighted by molar-refractivity contribution is -0.121. The molecule has 130 valence electrons. The molecule has 0 radical (unpaired) electrons. The number of aromatic nitrogens is 2. The number of rotatable bonds is 4. The zero-order chi connectivity index (χ0) is 15.4. The molecule has 23 heavy (non-hydrogen) atoms. The standard InChI is InChI=1S/C15H24N4O3.ClH/c1-10-14(16-7-8-21-10)15-18-12(19-22-15)9-13(20)17-11-5-3-2-4-6-11;/h10-11,14,16H,2-9H2,1H3,(H,17,20);1H/t10-,14+;/m1./s1. The summed E-state index contributed by atoms with van der Waals surface area (Å²) >= 11 is 0. The zero-order valence-corrected chi connectivity index (χ0v) is 14.2. The molecule has 0 spiro atoms. The van der Waals surface area contributed by atoms with Crippen molar-refractivity contribution in [3.63, 3.8) is 0 Å². The number of hydrogen-bond acceptors (Lipinski definition) is 6. The van der Waals surface area contributed by atoms with Gasteiger partial charge in [0.25, 0.3) is 0 Å². The molecule has 1 amide bonds. The molecular weight excluding hydrogens is 320 g/mol. The average molecular weight is 345 g/mol. The van der Waals surface area contributed by atoms with Crippen molar-refractivity contribution in [3.8, 4) is 0 Å². The van der Waals surface area contributed by atoms with Gasteiger partial charge in [-0.15, -0.1) is 12.4 Å². The van der Waals surface area contributed by atoms with Crippen LogP contribution in [0, 0.1) is 0 Å². The van der Waals surface area contributed by atoms with Gasteiger partial charge in [-0.2, -0.15) is 4.98 Å². The first-order valence-corrected chi connectivity index (χ1v) is 8.19. The van der Waals surface area contributed by atoms with E-state index in [-0.39, 0.29) is 36.9 Å². The fraction of sp³-hybridized carbons (Fsp3) is 0.800. The summed E-state index contributed by atoms with van der Waals surface area (Å²) < 4.78 is 10.8. The smallest absolute Gasteiger partial charge is 0.246 e. The maximum absolute atomic E-state index is 12.1. The number of carbonyl (C=O) groups excluding carboxylic acids is 1. The van der Waals surface area contributed by atoms with Crippen LogP contribution in [0.1, 0.15) is 56.8 Å². The van der Waals surface area contributed by atoms with Crippen molar-refractivity contribution in [3.05, 3.63) is 11.7 Å². The lowest BCUT2D eigenvalue weighted by Gasteiger charge is -2.27. The van der Waals surface area contributed by atoms with Crippen molar-refractivity contribution in [2.45, 2.75) is 63.6 Å². The van der Waals surface area contributed by atoms with Gasteiger partial charge in [-0.05, 0) is 19.8 Å². The molecule has 1 aliphatic carbocycles. The zero-order valence-electron chi connectivity index (χ0n) is 13.4. The Hall–Kier alpha value is -1.18. The van der Waals surface area contributed by atoms with Crippen molar-refractivity contribution < 1.29 is 14.1 Å². The maximum Gasteiger partial charge on any atom is 0.246 e. The number of nitrogens with zero attached hydrogens (tertiary/aromatic N) is 2. The van der Waals surface area contributed by atoms with Gasteiger partial charge in [0.15, 0.2) is 5.82 Å². The first-order valence-electron chi connectivity index (χ1n) is 8.19. The highest BCUT2D eigenvalue weighted by atomic mass is 35.5. The Morgan fingerprint density at radius 3 is 2.87 bits per heavy atom. The maximum atomic E-state index is 12.1. The summed E-state index contributed by atoms with van der Waals surface area (Å²) in [4.78, 5) is 16.4. The van der Waals surface area contributed by atoms with E-state index in [1.807, 2.05) is 6.92 Å². The minimum Gasteiger partial charge on any atom is -0.375 e. The van der Waals surface area contributed by atoms with E-state index in [2.05, 4.69) is 20.8 Å². The molecular formula is C15H25ClN4O3. The van der Waals surface area contributed by atoms with Gasteiger partial charge in [-0.25, -0.2) is 0 Å². The molecule has 2 heterocycles. The van der Waals surface area contributed by atoms with Gasteiger partial charge in [-0.3, -0.25) is 4.79 Å². The van der Waals surface area contributed by atoms with Crippen LogP contribution >= 0.6 is 12.4 Å². The van der Waals surface area contributed by atoms with Crippen molar-refractivity contribution in [1.29, 1.82) is 0 Å². The van der Waals surface area contributed by atoms with Gasteiger partial charge in [0.1, 0.15) is 6.04 Å². The molecule has 0 unspecified atom stereocenters. The largest absolute Gasteiger partial charge is 0.375 e. The lowest BCUT2D eigenvalue weighted by Crippen LogP contribution is -2.40. The minimum absolute atomic E-state index is 0. The van der Waals surface area contributed by atoms with Gasteiger partial charge in [0.05, 0.1) is 19.1 Å². The third-order valence-corrected chi connectivity index (χ3v) is 4.36. The van der Waals surface area contributed by atoms with Crippen LogP contribution in [-0.2, 0) is 16.0 Å². The predicted molar refractivity (Wildman–Crippen MR) is 86.4 cm³/mol. The second-order valence-electron chi connectivity index (χ2n) is 6.14. The van der Waals surface area contributed by atoms with Crippen LogP contribution in [0.3, 0.4) is 0 Å². The molecule has 8 heteroatoms. The molecule has 3 rings (SSSR count). The monoisotopic (exact) mass is 344 g/mol. The Balaban J connectivity index is 0.00000192. The molecule has 1 aromatic heterocycles. The second kappa shape index (κ2) is 8.61. The average Bonchev–Trinajstić information content (AvgIpc) is 2.97. The van der Waals surface area contributed by atoms with Crippen LogP contribution in [0.4, 0.5) is 0 Å². The molecule has 7 nitrogen and oxygen atoms in total. The minimum atomic E-state index is -0.101. The van der Waals surface area contributed by atoms with Gasteiger partial charge >= 0.3 is 0 Å². The highest BCUT2D eigenvalue weighted by Crippen LogP contribution is 2.20. The SMILES string of the molecule is C[C@H]1OCCN[C@@H]1c1nc(CC(=O)NC2CCCCC2)no1.Cl. The van der Waals surface area contributed by atoms with Crippen molar-refractivity contribution in [1.82, 2.24) is 20.8 Å². The fourth-order valence-corrected chi connectivity index (χ4v) is 3.14. The van der Waals surface area contributed by atoms with E-state index in [9.17, 15) is 4.79 Å². The van der Waals surface area contributed by atoms with E-state index in [4.69, 9.17) is 9.26 Å². The Bertz CT molecular complexity index is 505. The third kappa shape index (κ3) is 4.89. The van der Waals surface area contributed by atoms with Gasteiger partial charge in [-0.1, -0.05) is 24.4 Å². The van der Waals surface area contributed by atoms with E-state index in [0.29, 0.717) is 24.4 Å². The van der Waals surface area contributed by atoms with Crippen LogP contribution in [0.5, 0.6) is 0 Å². The number of amides is 1. The summed E-state index contributed by atoms with van der Waals surface area (Å²) in [6.07, 6.45) is 5.97. The quantitative estimate of drug-likeness (QED) is 0.861. The van der Waals surface area contributed by atoms with Crippen LogP contribution in [0.15, 0.2) is 4.52 Å². The van der Waals surface area contributed by atoms with E-state index >= 15 is 0 Å². The Kier molecular flexibility index (Phi) is 6.80. The van der Waals surface area contributed by atoms with Crippen LogP contribution in [-0.4, -0.2) is 41.3 Å². The Labute approximate surface area is 142 Å². The first kappa shape index (κ1) is 18.2. The summed E-state index contributed by atoms with van der Waals surface area (Å²) in [7, 11) is 0. The highest BCUT2D eigenvalue weighted by molar-refractivity contribution is 5.85. The van der Waals surface area contributed by atoms with E-state index in [1.165, 1.54) is 19.3 Å². The molecule has 1 saturated heterocycles. The number of morpholine rings is 1. The van der Waals surface area contributed by atoms with Gasteiger partial charge in [0.2, 0.25) is 11.8 Å². The summed E-state index contributed by atoms with van der Waals surface area (Å²) in [6.45, 7) is 3.41. The van der Waals surface area contributed by atoms with Crippen LogP contribution in [0.25, 0.3) is 0 Å². The van der Waals surface area contributed by atoms with Gasteiger partial charge in [0, 0.05) is 12.6 Å². The lowest BCUT2D eigenvalue weighted by atomic mass is 9.95. The second-order valence-corrected chi connectivity index (χ2v) is 6.14. The fourth-order valence-electron chi connectivity index (χ4n) is 3.14. The molecule has 1 aromatic rings. The molecule has 0 bridgehead atoms. The van der Waals surface area contributed by atoms with Crippen LogP contribution < -0.4 is 10.6 Å². The number of hydrogen-bond donors (Lipinski definition) is 2. The molecule has 2 atom stereocenters. The molecule has 2 fully saturated rings. The Morgan fingerprint density at radius 1 is 1.35 bits per heavy atom. The summed E-state index contributed by atoms with van der Waals surface area (Å²) in [5, 5.41) is 10.3. The van der Waals surface area contributed by atoms with E-state index in [1.54, 1.807) is 0 Å². The van der Waals surface area contributed by atoms with Crippen molar-refractivity contribution >= 4 is 18.3 Å².